The van der Waals surface area contributed by atoms with Gasteiger partial charge in [0.1, 0.15) is 30.2 Å². The molecule has 1 aromatic rings. The third kappa shape index (κ3) is 5.13. The van der Waals surface area contributed by atoms with Crippen molar-refractivity contribution in [2.75, 3.05) is 13.7 Å². The van der Waals surface area contributed by atoms with Crippen LogP contribution < -0.4 is 4.74 Å². The van der Waals surface area contributed by atoms with Crippen LogP contribution >= 0.6 is 0 Å². The highest BCUT2D eigenvalue weighted by molar-refractivity contribution is 5.89. The topological polar surface area (TPSA) is 157 Å². The fraction of sp³-hybridized carbons (Fsp3) is 0.500. The average molecular weight is 332 g/mol. The van der Waals surface area contributed by atoms with E-state index in [4.69, 9.17) is 14.9 Å². The Morgan fingerprint density at radius 1 is 1.00 bits per heavy atom. The molecule has 0 bridgehead atoms. The van der Waals surface area contributed by atoms with Crippen LogP contribution in [0.25, 0.3) is 0 Å². The highest BCUT2D eigenvalue weighted by Gasteiger charge is 2.36. The predicted molar refractivity (Wildman–Crippen MR) is 75.5 cm³/mol. The summed E-state index contributed by atoms with van der Waals surface area (Å²) in [5.74, 6) is -0.484. The van der Waals surface area contributed by atoms with E-state index in [-0.39, 0.29) is 5.56 Å². The van der Waals surface area contributed by atoms with Crippen LogP contribution in [-0.4, -0.2) is 81.0 Å². The Balaban J connectivity index is 2.65. The number of carbonyl (C=O) groups is 1. The number of benzene rings is 1. The molecule has 0 heterocycles. The zero-order valence-electron chi connectivity index (χ0n) is 12.3. The van der Waals surface area contributed by atoms with Crippen molar-refractivity contribution in [1.29, 1.82) is 0 Å². The summed E-state index contributed by atoms with van der Waals surface area (Å²) in [6.07, 6.45) is -9.96. The molecule has 6 N–H and O–H groups in total. The van der Waals surface area contributed by atoms with Gasteiger partial charge in [-0.2, -0.15) is 0 Å². The van der Waals surface area contributed by atoms with Crippen LogP contribution in [0.5, 0.6) is 5.75 Å². The summed E-state index contributed by atoms with van der Waals surface area (Å²) < 4.78 is 9.48. The zero-order valence-corrected chi connectivity index (χ0v) is 12.3. The number of methoxy groups -OCH3 is 1. The molecule has 0 aliphatic heterocycles. The molecule has 0 aromatic heterocycles. The molecule has 0 saturated heterocycles. The van der Waals surface area contributed by atoms with E-state index in [1.165, 1.54) is 31.4 Å². The maximum Gasteiger partial charge on any atom is 0.340 e. The van der Waals surface area contributed by atoms with Crippen molar-refractivity contribution in [2.24, 2.45) is 0 Å². The molecule has 0 spiro atoms. The number of ether oxygens (including phenoxy) is 2. The van der Waals surface area contributed by atoms with Gasteiger partial charge in [-0.1, -0.05) is 0 Å². The van der Waals surface area contributed by atoms with Crippen LogP contribution in [0.1, 0.15) is 10.4 Å². The number of aliphatic hydroxyl groups excluding tert-OH is 6. The van der Waals surface area contributed by atoms with E-state index in [1.54, 1.807) is 0 Å². The minimum Gasteiger partial charge on any atom is -0.497 e. The van der Waals surface area contributed by atoms with Crippen LogP contribution in [0.2, 0.25) is 0 Å². The highest BCUT2D eigenvalue weighted by Crippen LogP contribution is 2.14. The molecule has 130 valence electrons. The lowest BCUT2D eigenvalue weighted by molar-refractivity contribution is -0.191. The first kappa shape index (κ1) is 19.3. The summed E-state index contributed by atoms with van der Waals surface area (Å²) in [7, 11) is 1.45. The number of aliphatic hydroxyl groups is 6. The van der Waals surface area contributed by atoms with E-state index in [0.717, 1.165) is 0 Å². The van der Waals surface area contributed by atoms with E-state index in [9.17, 15) is 25.2 Å². The fourth-order valence-corrected chi connectivity index (χ4v) is 1.68. The smallest absolute Gasteiger partial charge is 0.340 e. The monoisotopic (exact) mass is 332 g/mol. The minimum atomic E-state index is -2.15. The molecule has 0 aliphatic rings. The maximum atomic E-state index is 11.8. The van der Waals surface area contributed by atoms with Gasteiger partial charge in [-0.05, 0) is 24.3 Å². The van der Waals surface area contributed by atoms with Crippen molar-refractivity contribution >= 4 is 5.97 Å². The van der Waals surface area contributed by atoms with Gasteiger partial charge in [0, 0.05) is 0 Å². The molecule has 0 radical (unpaired) electrons. The Bertz CT molecular complexity index is 490. The van der Waals surface area contributed by atoms with Gasteiger partial charge in [-0.15, -0.1) is 0 Å². The first-order valence-corrected chi connectivity index (χ1v) is 6.68. The van der Waals surface area contributed by atoms with E-state index in [0.29, 0.717) is 5.75 Å². The third-order valence-electron chi connectivity index (χ3n) is 3.13. The Morgan fingerprint density at radius 2 is 1.57 bits per heavy atom. The maximum absolute atomic E-state index is 11.8. The Kier molecular flexibility index (Phi) is 7.36. The molecule has 23 heavy (non-hydrogen) atoms. The Hall–Kier alpha value is -1.75. The largest absolute Gasteiger partial charge is 0.497 e. The lowest BCUT2D eigenvalue weighted by Gasteiger charge is -2.28. The fourth-order valence-electron chi connectivity index (χ4n) is 1.68. The minimum absolute atomic E-state index is 0.0579. The summed E-state index contributed by atoms with van der Waals surface area (Å²) in [5.41, 5.74) is 0.0579. The van der Waals surface area contributed by atoms with Crippen molar-refractivity contribution < 1.29 is 44.9 Å². The molecular weight excluding hydrogens is 312 g/mol. The number of esters is 1. The molecule has 1 rings (SSSR count). The summed E-state index contributed by atoms with van der Waals surface area (Å²) in [5, 5.41) is 56.0. The van der Waals surface area contributed by atoms with Crippen LogP contribution in [0.3, 0.4) is 0 Å². The van der Waals surface area contributed by atoms with Crippen molar-refractivity contribution in [2.45, 2.75) is 30.7 Å². The number of carbonyl (C=O) groups excluding carboxylic acids is 1. The van der Waals surface area contributed by atoms with Gasteiger partial charge in [-0.25, -0.2) is 4.79 Å². The first-order valence-electron chi connectivity index (χ1n) is 6.68. The van der Waals surface area contributed by atoms with E-state index in [1.807, 2.05) is 0 Å². The van der Waals surface area contributed by atoms with Gasteiger partial charge in [0.05, 0.1) is 19.3 Å². The van der Waals surface area contributed by atoms with Gasteiger partial charge >= 0.3 is 5.97 Å². The molecule has 9 nitrogen and oxygen atoms in total. The summed E-state index contributed by atoms with van der Waals surface area (Å²) >= 11 is 0. The van der Waals surface area contributed by atoms with Gasteiger partial charge in [0.25, 0.3) is 0 Å². The van der Waals surface area contributed by atoms with Crippen molar-refractivity contribution in [1.82, 2.24) is 0 Å². The average Bonchev–Trinajstić information content (AvgIpc) is 2.58. The summed E-state index contributed by atoms with van der Waals surface area (Å²) in [4.78, 5) is 11.8. The second kappa shape index (κ2) is 8.77. The molecule has 0 saturated carbocycles. The predicted octanol–water partition coefficient (Wildman–Crippen LogP) is -2.39. The van der Waals surface area contributed by atoms with Gasteiger partial charge in [-0.3, -0.25) is 0 Å². The third-order valence-corrected chi connectivity index (χ3v) is 3.13. The lowest BCUT2D eigenvalue weighted by atomic mass is 10.0. The van der Waals surface area contributed by atoms with Gasteiger partial charge in [0.15, 0.2) is 0 Å². The Labute approximate surface area is 132 Å². The van der Waals surface area contributed by atoms with E-state index >= 15 is 0 Å². The molecule has 1 aromatic carbocycles. The molecule has 0 amide bonds. The highest BCUT2D eigenvalue weighted by atomic mass is 16.6. The normalized spacial score (nSPS) is 17.7. The standard InChI is InChI=1S/C14H20O9/c1-22-8-4-2-7(3-5-8)13(20)23-14(21)12(19)11(18)10(17)9(16)6-15/h2-5,9-12,14-19,21H,6H2,1H3/t9-,10+,11+,12+,14?/m0/s1. The van der Waals surface area contributed by atoms with E-state index < -0.39 is 43.3 Å². The second-order valence-electron chi connectivity index (χ2n) is 4.75. The molecule has 1 unspecified atom stereocenters. The molecular formula is C14H20O9. The van der Waals surface area contributed by atoms with Crippen molar-refractivity contribution in [3.8, 4) is 5.75 Å². The number of rotatable bonds is 8. The quantitative estimate of drug-likeness (QED) is 0.226. The molecule has 5 atom stereocenters. The Morgan fingerprint density at radius 3 is 2.04 bits per heavy atom. The summed E-state index contributed by atoms with van der Waals surface area (Å²) in [6.45, 7) is -0.868. The van der Waals surface area contributed by atoms with Crippen LogP contribution in [0.4, 0.5) is 0 Å². The summed E-state index contributed by atoms with van der Waals surface area (Å²) in [6, 6.07) is 5.69. The first-order chi connectivity index (χ1) is 10.8. The van der Waals surface area contributed by atoms with Gasteiger partial charge in [0.2, 0.25) is 6.29 Å². The molecule has 0 aliphatic carbocycles. The molecule has 9 heteroatoms. The van der Waals surface area contributed by atoms with Gasteiger partial charge < -0.3 is 40.1 Å². The molecule has 0 fully saturated rings. The lowest BCUT2D eigenvalue weighted by Crippen LogP contribution is -2.50. The zero-order chi connectivity index (χ0) is 17.6. The van der Waals surface area contributed by atoms with E-state index in [2.05, 4.69) is 4.74 Å². The second-order valence-corrected chi connectivity index (χ2v) is 4.75. The van der Waals surface area contributed by atoms with Crippen molar-refractivity contribution in [3.05, 3.63) is 29.8 Å². The number of hydrogen-bond acceptors (Lipinski definition) is 9. The van der Waals surface area contributed by atoms with Crippen molar-refractivity contribution in [3.63, 3.8) is 0 Å². The number of hydrogen-bond donors (Lipinski definition) is 6. The van der Waals surface area contributed by atoms with Crippen LogP contribution in [0, 0.1) is 0 Å². The SMILES string of the molecule is COc1ccc(C(=O)OC(O)[C@H](O)[C@H](O)[C@H](O)[C@@H](O)CO)cc1. The van der Waals surface area contributed by atoms with Crippen LogP contribution in [0.15, 0.2) is 24.3 Å². The van der Waals surface area contributed by atoms with Crippen LogP contribution in [-0.2, 0) is 4.74 Å².